The Morgan fingerprint density at radius 1 is 1.56 bits per heavy atom. The number of rotatable bonds is 3. The van der Waals surface area contributed by atoms with Gasteiger partial charge in [0, 0.05) is 25.0 Å². The first kappa shape index (κ1) is 13.6. The summed E-state index contributed by atoms with van der Waals surface area (Å²) >= 11 is 5.98. The van der Waals surface area contributed by atoms with Crippen LogP contribution in [0.15, 0.2) is 0 Å². The molecule has 16 heavy (non-hydrogen) atoms. The van der Waals surface area contributed by atoms with E-state index in [2.05, 4.69) is 10.2 Å². The molecule has 0 aromatic carbocycles. The Balaban J connectivity index is 2.09. The Morgan fingerprint density at radius 2 is 2.25 bits per heavy atom. The van der Waals surface area contributed by atoms with Crippen LogP contribution in [0.25, 0.3) is 0 Å². The Hall–Kier alpha value is -0.480. The van der Waals surface area contributed by atoms with Gasteiger partial charge in [0.15, 0.2) is 0 Å². The van der Waals surface area contributed by atoms with Crippen molar-refractivity contribution in [3.63, 3.8) is 0 Å². The van der Waals surface area contributed by atoms with Gasteiger partial charge >= 0.3 is 6.09 Å². The van der Waals surface area contributed by atoms with Gasteiger partial charge in [-0.25, -0.2) is 4.79 Å². The summed E-state index contributed by atoms with van der Waals surface area (Å²) in [6.07, 6.45) is 0.683. The Bertz CT molecular complexity index is 241. The minimum Gasteiger partial charge on any atom is -0.444 e. The van der Waals surface area contributed by atoms with Crippen LogP contribution in [0.3, 0.4) is 0 Å². The van der Waals surface area contributed by atoms with Crippen molar-refractivity contribution in [2.24, 2.45) is 0 Å². The maximum Gasteiger partial charge on any atom is 0.407 e. The van der Waals surface area contributed by atoms with E-state index in [4.69, 9.17) is 16.3 Å². The Morgan fingerprint density at radius 3 is 2.75 bits per heavy atom. The van der Waals surface area contributed by atoms with Gasteiger partial charge in [0.25, 0.3) is 0 Å². The zero-order valence-electron chi connectivity index (χ0n) is 10.3. The molecule has 1 amide bonds. The molecule has 1 aliphatic rings. The molecule has 0 radical (unpaired) electrons. The summed E-state index contributed by atoms with van der Waals surface area (Å²) in [7, 11) is 0. The molecule has 0 spiro atoms. The molecular weight excluding hydrogens is 228 g/mol. The van der Waals surface area contributed by atoms with Crippen molar-refractivity contribution in [1.29, 1.82) is 0 Å². The molecule has 0 bridgehead atoms. The van der Waals surface area contributed by atoms with E-state index in [1.54, 1.807) is 0 Å². The molecule has 0 aromatic heterocycles. The van der Waals surface area contributed by atoms with Crippen LogP contribution >= 0.6 is 11.6 Å². The summed E-state index contributed by atoms with van der Waals surface area (Å²) in [6, 6.07) is 0. The number of hydrogen-bond donors (Lipinski definition) is 1. The number of nitrogens with zero attached hydrogens (tertiary/aromatic N) is 1. The zero-order valence-corrected chi connectivity index (χ0v) is 11.0. The molecule has 5 heteroatoms. The molecule has 0 saturated carbocycles. The minimum atomic E-state index is -0.432. The highest BCUT2D eigenvalue weighted by Gasteiger charge is 2.20. The summed E-state index contributed by atoms with van der Waals surface area (Å²) in [5.41, 5.74) is -0.432. The van der Waals surface area contributed by atoms with Gasteiger partial charge in [-0.05, 0) is 33.7 Å². The van der Waals surface area contributed by atoms with Crippen LogP contribution in [0.4, 0.5) is 4.79 Å². The van der Waals surface area contributed by atoms with E-state index in [1.807, 2.05) is 20.8 Å². The lowest BCUT2D eigenvalue weighted by atomic mass is 10.2. The molecule has 0 aliphatic carbocycles. The van der Waals surface area contributed by atoms with Gasteiger partial charge in [-0.15, -0.1) is 11.6 Å². The predicted molar refractivity (Wildman–Crippen MR) is 64.9 cm³/mol. The van der Waals surface area contributed by atoms with Gasteiger partial charge in [-0.1, -0.05) is 0 Å². The summed E-state index contributed by atoms with van der Waals surface area (Å²) in [5.74, 6) is 0. The molecule has 1 N–H and O–H groups in total. The lowest BCUT2D eigenvalue weighted by molar-refractivity contribution is 0.0523. The van der Waals surface area contributed by atoms with E-state index in [0.29, 0.717) is 6.54 Å². The lowest BCUT2D eigenvalue weighted by Gasteiger charge is -2.20. The van der Waals surface area contributed by atoms with Gasteiger partial charge < -0.3 is 15.0 Å². The SMILES string of the molecule is CC(C)(C)OC(=O)NCCN1CCC(Cl)C1. The number of amides is 1. The summed E-state index contributed by atoms with van der Waals surface area (Å²) in [6.45, 7) is 8.93. The fourth-order valence-corrected chi connectivity index (χ4v) is 1.91. The number of alkyl halides is 1. The molecule has 0 aromatic rings. The minimum absolute atomic E-state index is 0.265. The number of alkyl carbamates (subject to hydrolysis) is 1. The maximum absolute atomic E-state index is 11.3. The summed E-state index contributed by atoms with van der Waals surface area (Å²) < 4.78 is 5.13. The van der Waals surface area contributed by atoms with Crippen LogP contribution in [0.1, 0.15) is 27.2 Å². The van der Waals surface area contributed by atoms with Gasteiger partial charge in [-0.3, -0.25) is 0 Å². The second kappa shape index (κ2) is 5.73. The maximum atomic E-state index is 11.3. The summed E-state index contributed by atoms with van der Waals surface area (Å²) in [4.78, 5) is 13.6. The topological polar surface area (TPSA) is 41.6 Å². The normalized spacial score (nSPS) is 22.1. The van der Waals surface area contributed by atoms with E-state index in [9.17, 15) is 4.79 Å². The Labute approximate surface area is 102 Å². The zero-order chi connectivity index (χ0) is 12.2. The van der Waals surface area contributed by atoms with Crippen molar-refractivity contribution >= 4 is 17.7 Å². The smallest absolute Gasteiger partial charge is 0.407 e. The Kier molecular flexibility index (Phi) is 4.87. The standard InChI is InChI=1S/C11H21ClN2O2/c1-11(2,3)16-10(15)13-5-7-14-6-4-9(12)8-14/h9H,4-8H2,1-3H3,(H,13,15). The molecule has 1 atom stereocenters. The fraction of sp³-hybridized carbons (Fsp3) is 0.909. The van der Waals surface area contributed by atoms with Crippen LogP contribution in [0, 0.1) is 0 Å². The molecule has 1 heterocycles. The van der Waals surface area contributed by atoms with Crippen molar-refractivity contribution in [3.8, 4) is 0 Å². The third kappa shape index (κ3) is 5.56. The number of carbonyl (C=O) groups is 1. The van der Waals surface area contributed by atoms with Crippen molar-refractivity contribution in [3.05, 3.63) is 0 Å². The number of likely N-dealkylation sites (tertiary alicyclic amines) is 1. The number of carbonyl (C=O) groups excluding carboxylic acids is 1. The van der Waals surface area contributed by atoms with Crippen LogP contribution in [0.2, 0.25) is 0 Å². The van der Waals surface area contributed by atoms with E-state index in [0.717, 1.165) is 26.1 Å². The predicted octanol–water partition coefficient (Wildman–Crippen LogP) is 1.82. The van der Waals surface area contributed by atoms with Gasteiger partial charge in [0.1, 0.15) is 5.60 Å². The average Bonchev–Trinajstić information content (AvgIpc) is 2.48. The third-order valence-corrected chi connectivity index (χ3v) is 2.67. The molecule has 94 valence electrons. The van der Waals surface area contributed by atoms with Crippen LogP contribution in [-0.4, -0.2) is 48.2 Å². The van der Waals surface area contributed by atoms with Crippen molar-refractivity contribution in [2.45, 2.75) is 38.2 Å². The van der Waals surface area contributed by atoms with Crippen LogP contribution in [0.5, 0.6) is 0 Å². The van der Waals surface area contributed by atoms with E-state index in [-0.39, 0.29) is 11.5 Å². The lowest BCUT2D eigenvalue weighted by Crippen LogP contribution is -2.37. The second-order valence-corrected chi connectivity index (χ2v) is 5.73. The van der Waals surface area contributed by atoms with Crippen molar-refractivity contribution < 1.29 is 9.53 Å². The molecule has 1 rings (SSSR count). The largest absolute Gasteiger partial charge is 0.444 e. The van der Waals surface area contributed by atoms with Gasteiger partial charge in [0.2, 0.25) is 0 Å². The molecular formula is C11H21ClN2O2. The van der Waals surface area contributed by atoms with E-state index >= 15 is 0 Å². The molecule has 1 fully saturated rings. The second-order valence-electron chi connectivity index (χ2n) is 5.12. The molecule has 4 nitrogen and oxygen atoms in total. The number of halogens is 1. The molecule has 1 aliphatic heterocycles. The highest BCUT2D eigenvalue weighted by molar-refractivity contribution is 6.20. The first-order chi connectivity index (χ1) is 7.37. The van der Waals surface area contributed by atoms with Crippen molar-refractivity contribution in [2.75, 3.05) is 26.2 Å². The summed E-state index contributed by atoms with van der Waals surface area (Å²) in [5, 5.41) is 3.00. The highest BCUT2D eigenvalue weighted by Crippen LogP contribution is 2.13. The average molecular weight is 249 g/mol. The first-order valence-corrected chi connectivity index (χ1v) is 6.14. The molecule has 1 saturated heterocycles. The third-order valence-electron chi connectivity index (χ3n) is 2.31. The van der Waals surface area contributed by atoms with Gasteiger partial charge in [0.05, 0.1) is 0 Å². The van der Waals surface area contributed by atoms with Crippen molar-refractivity contribution in [1.82, 2.24) is 10.2 Å². The monoisotopic (exact) mass is 248 g/mol. The first-order valence-electron chi connectivity index (χ1n) is 5.70. The number of nitrogens with one attached hydrogen (secondary N) is 1. The highest BCUT2D eigenvalue weighted by atomic mass is 35.5. The van der Waals surface area contributed by atoms with E-state index < -0.39 is 5.60 Å². The van der Waals surface area contributed by atoms with E-state index in [1.165, 1.54) is 0 Å². The van der Waals surface area contributed by atoms with Gasteiger partial charge in [-0.2, -0.15) is 0 Å². The number of hydrogen-bond acceptors (Lipinski definition) is 3. The molecule has 1 unspecified atom stereocenters. The van der Waals surface area contributed by atoms with Crippen LogP contribution in [-0.2, 0) is 4.74 Å². The quantitative estimate of drug-likeness (QED) is 0.775. The number of ether oxygens (including phenoxy) is 1. The fourth-order valence-electron chi connectivity index (χ4n) is 1.62. The van der Waals surface area contributed by atoms with Crippen LogP contribution < -0.4 is 5.32 Å².